The molecule has 1 aliphatic carbocycles. The van der Waals surface area contributed by atoms with Crippen LogP contribution in [0.25, 0.3) is 0 Å². The van der Waals surface area contributed by atoms with Crippen molar-refractivity contribution in [2.75, 3.05) is 5.32 Å². The normalized spacial score (nSPS) is 24.3. The molecule has 2 nitrogen and oxygen atoms in total. The van der Waals surface area contributed by atoms with Crippen LogP contribution in [0.2, 0.25) is 5.15 Å². The second-order valence-electron chi connectivity index (χ2n) is 5.01. The maximum Gasteiger partial charge on any atom is 0.391 e. The minimum Gasteiger partial charge on any atom is -0.381 e. The lowest BCUT2D eigenvalue weighted by atomic mass is 9.85. The number of rotatable bonds is 2. The molecule has 0 spiro atoms. The summed E-state index contributed by atoms with van der Waals surface area (Å²) < 4.78 is 38.2. The van der Waals surface area contributed by atoms with Gasteiger partial charge in [0.1, 0.15) is 5.15 Å². The summed E-state index contributed by atoms with van der Waals surface area (Å²) in [4.78, 5) is 4.09. The first-order valence-electron chi connectivity index (χ1n) is 6.32. The fourth-order valence-electron chi connectivity index (χ4n) is 2.52. The number of aromatic nitrogens is 1. The average molecular weight is 293 g/mol. The number of pyridine rings is 1. The van der Waals surface area contributed by atoms with E-state index in [2.05, 4.69) is 10.3 Å². The number of aryl methyl sites for hydroxylation is 1. The molecule has 106 valence electrons. The number of hydrogen-bond donors (Lipinski definition) is 1. The standard InChI is InChI=1S/C13H16ClF3N2/c1-8-11(5-6-12(14)18-8)19-10-4-2-3-9(7-10)13(15,16)17/h5-6,9-10,19H,2-4,7H2,1H3. The first kappa shape index (κ1) is 14.4. The smallest absolute Gasteiger partial charge is 0.381 e. The molecule has 2 unspecified atom stereocenters. The second-order valence-corrected chi connectivity index (χ2v) is 5.40. The highest BCUT2D eigenvalue weighted by Gasteiger charge is 2.42. The Labute approximate surface area is 115 Å². The fraction of sp³-hybridized carbons (Fsp3) is 0.615. The Morgan fingerprint density at radius 1 is 1.32 bits per heavy atom. The van der Waals surface area contributed by atoms with Gasteiger partial charge in [-0.3, -0.25) is 0 Å². The van der Waals surface area contributed by atoms with E-state index in [0.29, 0.717) is 17.3 Å². The van der Waals surface area contributed by atoms with E-state index < -0.39 is 12.1 Å². The Balaban J connectivity index is 2.03. The summed E-state index contributed by atoms with van der Waals surface area (Å²) in [5.41, 5.74) is 1.47. The minimum atomic E-state index is -4.09. The van der Waals surface area contributed by atoms with Crippen LogP contribution in [-0.2, 0) is 0 Å². The van der Waals surface area contributed by atoms with Crippen LogP contribution in [0.3, 0.4) is 0 Å². The summed E-state index contributed by atoms with van der Waals surface area (Å²) in [6.45, 7) is 1.79. The molecular formula is C13H16ClF3N2. The van der Waals surface area contributed by atoms with Gasteiger partial charge in [0.15, 0.2) is 0 Å². The van der Waals surface area contributed by atoms with Gasteiger partial charge < -0.3 is 5.32 Å². The highest BCUT2D eigenvalue weighted by Crippen LogP contribution is 2.38. The van der Waals surface area contributed by atoms with Crippen molar-refractivity contribution in [3.8, 4) is 0 Å². The first-order chi connectivity index (χ1) is 8.86. The molecule has 0 amide bonds. The molecule has 6 heteroatoms. The van der Waals surface area contributed by atoms with Crippen molar-refractivity contribution < 1.29 is 13.2 Å². The largest absolute Gasteiger partial charge is 0.391 e. The molecule has 0 bridgehead atoms. The maximum atomic E-state index is 12.7. The van der Waals surface area contributed by atoms with Gasteiger partial charge in [-0.25, -0.2) is 4.98 Å². The van der Waals surface area contributed by atoms with Crippen LogP contribution in [0.4, 0.5) is 18.9 Å². The van der Waals surface area contributed by atoms with Crippen LogP contribution < -0.4 is 5.32 Å². The zero-order valence-electron chi connectivity index (χ0n) is 10.6. The molecular weight excluding hydrogens is 277 g/mol. The van der Waals surface area contributed by atoms with Gasteiger partial charge in [0, 0.05) is 6.04 Å². The van der Waals surface area contributed by atoms with E-state index in [0.717, 1.165) is 12.1 Å². The van der Waals surface area contributed by atoms with Gasteiger partial charge in [-0.2, -0.15) is 13.2 Å². The summed E-state index contributed by atoms with van der Waals surface area (Å²) in [6.07, 6.45) is -2.37. The zero-order valence-corrected chi connectivity index (χ0v) is 11.4. The second kappa shape index (κ2) is 5.57. The van der Waals surface area contributed by atoms with Gasteiger partial charge in [-0.15, -0.1) is 0 Å². The number of halogens is 4. The molecule has 1 aliphatic rings. The SMILES string of the molecule is Cc1nc(Cl)ccc1NC1CCCC(C(F)(F)F)C1. The third-order valence-corrected chi connectivity index (χ3v) is 3.76. The summed E-state index contributed by atoms with van der Waals surface area (Å²) >= 11 is 5.76. The molecule has 1 saturated carbocycles. The Kier molecular flexibility index (Phi) is 4.23. The number of alkyl halides is 3. The quantitative estimate of drug-likeness (QED) is 0.807. The predicted molar refractivity (Wildman–Crippen MR) is 69.4 cm³/mol. The Morgan fingerprint density at radius 2 is 2.05 bits per heavy atom. The lowest BCUT2D eigenvalue weighted by Gasteiger charge is -2.31. The zero-order chi connectivity index (χ0) is 14.0. The van der Waals surface area contributed by atoms with Gasteiger partial charge in [0.2, 0.25) is 0 Å². The summed E-state index contributed by atoms with van der Waals surface area (Å²) in [6, 6.07) is 3.25. The van der Waals surface area contributed by atoms with Crippen molar-refractivity contribution in [1.29, 1.82) is 0 Å². The van der Waals surface area contributed by atoms with Crippen molar-refractivity contribution in [3.05, 3.63) is 23.0 Å². The van der Waals surface area contributed by atoms with E-state index in [-0.39, 0.29) is 18.9 Å². The van der Waals surface area contributed by atoms with E-state index in [4.69, 9.17) is 11.6 Å². The molecule has 0 aromatic carbocycles. The summed E-state index contributed by atoms with van der Waals surface area (Å²) in [5.74, 6) is -1.20. The van der Waals surface area contributed by atoms with Crippen LogP contribution >= 0.6 is 11.6 Å². The fourth-order valence-corrected chi connectivity index (χ4v) is 2.71. The molecule has 0 aliphatic heterocycles. The van der Waals surface area contributed by atoms with Crippen molar-refractivity contribution in [3.63, 3.8) is 0 Å². The van der Waals surface area contributed by atoms with Crippen LogP contribution in [0, 0.1) is 12.8 Å². The van der Waals surface area contributed by atoms with Crippen LogP contribution in [0.15, 0.2) is 12.1 Å². The third-order valence-electron chi connectivity index (χ3n) is 3.55. The molecule has 1 aromatic rings. The van der Waals surface area contributed by atoms with Gasteiger partial charge in [0.05, 0.1) is 17.3 Å². The number of anilines is 1. The third kappa shape index (κ3) is 3.75. The van der Waals surface area contributed by atoms with Crippen molar-refractivity contribution in [2.45, 2.75) is 44.8 Å². The number of hydrogen-bond acceptors (Lipinski definition) is 2. The van der Waals surface area contributed by atoms with Crippen LogP contribution in [-0.4, -0.2) is 17.2 Å². The molecule has 1 aromatic heterocycles. The first-order valence-corrected chi connectivity index (χ1v) is 6.70. The highest BCUT2D eigenvalue weighted by atomic mass is 35.5. The number of nitrogens with zero attached hydrogens (tertiary/aromatic N) is 1. The topological polar surface area (TPSA) is 24.9 Å². The lowest BCUT2D eigenvalue weighted by Crippen LogP contribution is -2.34. The highest BCUT2D eigenvalue weighted by molar-refractivity contribution is 6.29. The molecule has 19 heavy (non-hydrogen) atoms. The van der Waals surface area contributed by atoms with Crippen LogP contribution in [0.1, 0.15) is 31.4 Å². The molecule has 1 N–H and O–H groups in total. The van der Waals surface area contributed by atoms with Gasteiger partial charge >= 0.3 is 6.18 Å². The van der Waals surface area contributed by atoms with Crippen molar-refractivity contribution >= 4 is 17.3 Å². The summed E-state index contributed by atoms with van der Waals surface area (Å²) in [7, 11) is 0. The maximum absolute atomic E-state index is 12.7. The Morgan fingerprint density at radius 3 is 2.68 bits per heavy atom. The Bertz CT molecular complexity index is 448. The summed E-state index contributed by atoms with van der Waals surface area (Å²) in [5, 5.41) is 3.55. The van der Waals surface area contributed by atoms with Gasteiger partial charge in [0.25, 0.3) is 0 Å². The molecule has 2 rings (SSSR count). The Hall–Kier alpha value is -0.970. The monoisotopic (exact) mass is 292 g/mol. The lowest BCUT2D eigenvalue weighted by molar-refractivity contribution is -0.182. The van der Waals surface area contributed by atoms with Gasteiger partial charge in [-0.05, 0) is 38.3 Å². The molecule has 0 saturated heterocycles. The van der Waals surface area contributed by atoms with E-state index in [1.807, 2.05) is 0 Å². The van der Waals surface area contributed by atoms with Gasteiger partial charge in [-0.1, -0.05) is 18.0 Å². The molecule has 1 heterocycles. The molecule has 1 fully saturated rings. The van der Waals surface area contributed by atoms with Crippen molar-refractivity contribution in [1.82, 2.24) is 4.98 Å². The van der Waals surface area contributed by atoms with E-state index in [1.54, 1.807) is 19.1 Å². The van der Waals surface area contributed by atoms with E-state index in [1.165, 1.54) is 0 Å². The van der Waals surface area contributed by atoms with E-state index >= 15 is 0 Å². The van der Waals surface area contributed by atoms with E-state index in [9.17, 15) is 13.2 Å². The molecule has 0 radical (unpaired) electrons. The molecule has 2 atom stereocenters. The number of nitrogens with one attached hydrogen (secondary N) is 1. The van der Waals surface area contributed by atoms with Crippen LogP contribution in [0.5, 0.6) is 0 Å². The predicted octanol–water partition coefficient (Wildman–Crippen LogP) is 4.58. The minimum absolute atomic E-state index is 0.131. The average Bonchev–Trinajstić information content (AvgIpc) is 2.32. The van der Waals surface area contributed by atoms with Crippen molar-refractivity contribution in [2.24, 2.45) is 5.92 Å².